The van der Waals surface area contributed by atoms with Crippen LogP contribution >= 0.6 is 20.2 Å². The van der Waals surface area contributed by atoms with Crippen LogP contribution in [-0.4, -0.2) is 31.0 Å². The van der Waals surface area contributed by atoms with Crippen molar-refractivity contribution < 1.29 is 9.53 Å². The molecule has 0 saturated carbocycles. The zero-order chi connectivity index (χ0) is 15.4. The number of benzene rings is 2. The van der Waals surface area contributed by atoms with Gasteiger partial charge in [-0.3, -0.25) is 4.79 Å². The number of hydrogen-bond donors (Lipinski definition) is 0. The number of hydrogen-bond acceptors (Lipinski definition) is 2. The molecule has 0 fully saturated rings. The van der Waals surface area contributed by atoms with Crippen LogP contribution in [0.25, 0.3) is 0 Å². The molecule has 0 aliphatic carbocycles. The monoisotopic (exact) mass is 328 g/mol. The molecular weight excluding hydrogens is 310 g/mol. The van der Waals surface area contributed by atoms with E-state index in [0.29, 0.717) is 17.2 Å². The van der Waals surface area contributed by atoms with E-state index in [1.54, 1.807) is 6.07 Å². The molecule has 112 valence electrons. The maximum absolute atomic E-state index is 12.5. The van der Waals surface area contributed by atoms with Crippen molar-refractivity contribution in [3.63, 3.8) is 0 Å². The fourth-order valence-corrected chi connectivity index (χ4v) is 3.66. The molecule has 22 heavy (non-hydrogen) atoms. The molecule has 0 bridgehead atoms. The van der Waals surface area contributed by atoms with E-state index in [0.717, 1.165) is 22.2 Å². The summed E-state index contributed by atoms with van der Waals surface area (Å²) in [4.78, 5) is 12.5. The number of carbonyl (C=O) groups excluding carboxylic acids is 1. The molecule has 2 nitrogen and oxygen atoms in total. The van der Waals surface area contributed by atoms with Gasteiger partial charge in [-0.1, -0.05) is 29.8 Å². The van der Waals surface area contributed by atoms with Crippen molar-refractivity contribution >= 4 is 49.9 Å². The summed E-state index contributed by atoms with van der Waals surface area (Å²) in [6.45, 7) is 6.50. The Morgan fingerprint density at radius 1 is 1.18 bits per heavy atom. The van der Waals surface area contributed by atoms with Crippen LogP contribution in [0.4, 0.5) is 0 Å². The van der Waals surface area contributed by atoms with Gasteiger partial charge in [0, 0.05) is 5.56 Å². The van der Waals surface area contributed by atoms with Gasteiger partial charge in [0.1, 0.15) is 5.75 Å². The predicted molar refractivity (Wildman–Crippen MR) is 98.0 cm³/mol. The van der Waals surface area contributed by atoms with E-state index >= 15 is 0 Å². The van der Waals surface area contributed by atoms with Crippen LogP contribution < -0.4 is 10.0 Å². The third-order valence-electron chi connectivity index (χ3n) is 3.21. The van der Waals surface area contributed by atoms with E-state index in [1.807, 2.05) is 51.1 Å². The SMILES string of the molecule is CCOc1ccc(PC(=O)c2c(C)cccc2Cl)c(C)c1.[LiH]. The van der Waals surface area contributed by atoms with Crippen molar-refractivity contribution in [1.29, 1.82) is 0 Å². The Morgan fingerprint density at radius 3 is 2.50 bits per heavy atom. The second kappa shape index (κ2) is 8.75. The van der Waals surface area contributed by atoms with Gasteiger partial charge in [-0.05, 0) is 64.0 Å². The summed E-state index contributed by atoms with van der Waals surface area (Å²) in [6, 6.07) is 11.4. The molecule has 2 rings (SSSR count). The molecular formula is C17H19ClLiO2P. The van der Waals surface area contributed by atoms with Crippen molar-refractivity contribution in [2.24, 2.45) is 0 Å². The van der Waals surface area contributed by atoms with Crippen molar-refractivity contribution in [2.45, 2.75) is 20.8 Å². The second-order valence-electron chi connectivity index (χ2n) is 4.80. The average Bonchev–Trinajstić information content (AvgIpc) is 2.42. The predicted octanol–water partition coefficient (Wildman–Crippen LogP) is 3.85. The number of aryl methyl sites for hydroxylation is 2. The Kier molecular flexibility index (Phi) is 7.67. The maximum atomic E-state index is 12.5. The second-order valence-corrected chi connectivity index (χ2v) is 6.45. The van der Waals surface area contributed by atoms with E-state index in [1.165, 1.54) is 0 Å². The zero-order valence-electron chi connectivity index (χ0n) is 12.4. The van der Waals surface area contributed by atoms with Crippen molar-refractivity contribution in [2.75, 3.05) is 6.61 Å². The van der Waals surface area contributed by atoms with Gasteiger partial charge in [0.2, 0.25) is 0 Å². The van der Waals surface area contributed by atoms with Crippen LogP contribution in [0.15, 0.2) is 36.4 Å². The quantitative estimate of drug-likeness (QED) is 0.615. The van der Waals surface area contributed by atoms with Gasteiger partial charge in [-0.15, -0.1) is 0 Å². The number of rotatable bonds is 5. The summed E-state index contributed by atoms with van der Waals surface area (Å²) in [5.41, 5.74) is 2.69. The van der Waals surface area contributed by atoms with E-state index in [-0.39, 0.29) is 33.0 Å². The first kappa shape index (κ1) is 19.3. The average molecular weight is 329 g/mol. The van der Waals surface area contributed by atoms with Crippen molar-refractivity contribution in [3.05, 3.63) is 58.1 Å². The molecule has 0 aliphatic rings. The van der Waals surface area contributed by atoms with E-state index in [2.05, 4.69) is 0 Å². The van der Waals surface area contributed by atoms with E-state index in [9.17, 15) is 4.79 Å². The van der Waals surface area contributed by atoms with Gasteiger partial charge in [-0.25, -0.2) is 0 Å². The molecule has 0 N–H and O–H groups in total. The molecule has 0 spiro atoms. The van der Waals surface area contributed by atoms with Gasteiger partial charge in [0.15, 0.2) is 5.52 Å². The zero-order valence-corrected chi connectivity index (χ0v) is 14.1. The molecule has 0 heterocycles. The first-order valence-electron chi connectivity index (χ1n) is 6.83. The van der Waals surface area contributed by atoms with Crippen molar-refractivity contribution in [1.82, 2.24) is 0 Å². The van der Waals surface area contributed by atoms with E-state index < -0.39 is 0 Å². The molecule has 0 aromatic heterocycles. The fraction of sp³-hybridized carbons (Fsp3) is 0.235. The Hall–Kier alpha value is -0.773. The molecule has 2 aromatic carbocycles. The summed E-state index contributed by atoms with van der Waals surface area (Å²) in [6.07, 6.45) is 0. The van der Waals surface area contributed by atoms with Crippen LogP contribution in [0.2, 0.25) is 5.02 Å². The number of ether oxygens (including phenoxy) is 1. The number of halogens is 1. The molecule has 0 aliphatic heterocycles. The Morgan fingerprint density at radius 2 is 1.91 bits per heavy atom. The van der Waals surface area contributed by atoms with Gasteiger partial charge >= 0.3 is 18.9 Å². The molecule has 0 saturated heterocycles. The first-order chi connectivity index (χ1) is 10.0. The fourth-order valence-electron chi connectivity index (χ4n) is 2.14. The van der Waals surface area contributed by atoms with Gasteiger partial charge in [0.25, 0.3) is 0 Å². The third kappa shape index (κ3) is 4.61. The third-order valence-corrected chi connectivity index (χ3v) is 4.83. The molecule has 1 unspecified atom stereocenters. The minimum absolute atomic E-state index is 0. The molecule has 1 atom stereocenters. The Balaban J connectivity index is 0.00000242. The first-order valence-corrected chi connectivity index (χ1v) is 8.20. The standard InChI is InChI=1S/C17H18ClO2P.Li.H/c1-4-20-13-8-9-15(12(3)10-13)21-17(19)16-11(2)6-5-7-14(16)18;;/h5-10,21H,4H2,1-3H3;;. The molecule has 0 amide bonds. The summed E-state index contributed by atoms with van der Waals surface area (Å²) >= 11 is 6.16. The van der Waals surface area contributed by atoms with Gasteiger partial charge in [-0.2, -0.15) is 0 Å². The topological polar surface area (TPSA) is 26.3 Å². The molecule has 0 radical (unpaired) electrons. The van der Waals surface area contributed by atoms with Gasteiger partial charge in [0.05, 0.1) is 11.6 Å². The molecule has 5 heteroatoms. The summed E-state index contributed by atoms with van der Waals surface area (Å²) in [7, 11) is 0.0668. The normalized spacial score (nSPS) is 10.5. The van der Waals surface area contributed by atoms with Gasteiger partial charge < -0.3 is 4.74 Å². The number of carbonyl (C=O) groups is 1. The van der Waals surface area contributed by atoms with Crippen LogP contribution in [0, 0.1) is 13.8 Å². The molecule has 2 aromatic rings. The summed E-state index contributed by atoms with van der Waals surface area (Å²) in [5, 5.41) is 1.55. The van der Waals surface area contributed by atoms with Crippen LogP contribution in [0.3, 0.4) is 0 Å². The Bertz CT molecular complexity index is 653. The minimum atomic E-state index is 0. The van der Waals surface area contributed by atoms with Crippen LogP contribution in [-0.2, 0) is 0 Å². The Labute approximate surface area is 150 Å². The van der Waals surface area contributed by atoms with E-state index in [4.69, 9.17) is 16.3 Å². The van der Waals surface area contributed by atoms with Crippen LogP contribution in [0.1, 0.15) is 28.4 Å². The van der Waals surface area contributed by atoms with Crippen molar-refractivity contribution in [3.8, 4) is 5.75 Å². The van der Waals surface area contributed by atoms with Crippen LogP contribution in [0.5, 0.6) is 5.75 Å². The summed E-state index contributed by atoms with van der Waals surface area (Å²) < 4.78 is 5.47. The summed E-state index contributed by atoms with van der Waals surface area (Å²) in [5.74, 6) is 0.838.